The van der Waals surface area contributed by atoms with Crippen molar-refractivity contribution in [3.63, 3.8) is 0 Å². The molecule has 0 heterocycles. The zero-order chi connectivity index (χ0) is 21.6. The lowest BCUT2D eigenvalue weighted by Crippen LogP contribution is -2.11. The van der Waals surface area contributed by atoms with Gasteiger partial charge in [0, 0.05) is 47.9 Å². The quantitative estimate of drug-likeness (QED) is 0.277. The second-order valence-corrected chi connectivity index (χ2v) is 8.94. The largest absolute Gasteiger partial charge is 0.568 e. The number of benzene rings is 2. The highest BCUT2D eigenvalue weighted by molar-refractivity contribution is 8.76. The van der Waals surface area contributed by atoms with Crippen molar-refractivity contribution in [3.8, 4) is 11.5 Å². The van der Waals surface area contributed by atoms with Gasteiger partial charge in [-0.1, -0.05) is 33.7 Å². The summed E-state index contributed by atoms with van der Waals surface area (Å²) in [6, 6.07) is 13.8. The van der Waals surface area contributed by atoms with Crippen LogP contribution < -0.4 is 19.9 Å². The van der Waals surface area contributed by atoms with E-state index in [4.69, 9.17) is 16.1 Å². The molecule has 0 aromatic heterocycles. The Bertz CT molecular complexity index is 759. The average molecular weight is 440 g/mol. The lowest BCUT2D eigenvalue weighted by atomic mass is 10.2. The van der Waals surface area contributed by atoms with Crippen LogP contribution in [0.3, 0.4) is 0 Å². The highest BCUT2D eigenvalue weighted by Crippen LogP contribution is 2.24. The molecule has 0 aliphatic carbocycles. The van der Waals surface area contributed by atoms with Gasteiger partial charge in [0.25, 0.3) is 0 Å². The Kier molecular flexibility index (Phi) is 11.2. The van der Waals surface area contributed by atoms with Gasteiger partial charge in [-0.2, -0.15) is 0 Å². The molecule has 0 unspecified atom stereocenters. The summed E-state index contributed by atoms with van der Waals surface area (Å²) in [4.78, 5) is 23.9. The first-order valence-electron chi connectivity index (χ1n) is 9.38. The Morgan fingerprint density at radius 3 is 1.60 bits per heavy atom. The number of hydrogen-bond acceptors (Lipinski definition) is 6. The third-order valence-electron chi connectivity index (χ3n) is 3.85. The summed E-state index contributed by atoms with van der Waals surface area (Å²) < 4.78 is 9.29. The Morgan fingerprint density at radius 2 is 1.20 bits per heavy atom. The van der Waals surface area contributed by atoms with Gasteiger partial charge < -0.3 is 19.9 Å². The zero-order valence-electron chi connectivity index (χ0n) is 16.5. The maximum atomic E-state index is 12.0. The number of amides is 2. The van der Waals surface area contributed by atoms with Crippen molar-refractivity contribution in [2.24, 2.45) is 0 Å². The summed E-state index contributed by atoms with van der Waals surface area (Å²) in [5.74, 6) is 2.62. The Labute approximate surface area is 187 Å². The monoisotopic (exact) mass is 440 g/mol. The summed E-state index contributed by atoms with van der Waals surface area (Å²) in [7, 11) is 13.6. The van der Waals surface area contributed by atoms with Crippen molar-refractivity contribution in [1.82, 2.24) is 0 Å². The van der Waals surface area contributed by atoms with Gasteiger partial charge in [0.1, 0.15) is 0 Å². The number of anilines is 2. The van der Waals surface area contributed by atoms with Gasteiger partial charge in [0.15, 0.2) is 0 Å². The topological polar surface area (TPSA) is 76.7 Å². The van der Waals surface area contributed by atoms with Gasteiger partial charge in [-0.25, -0.2) is 0 Å². The van der Waals surface area contributed by atoms with Crippen molar-refractivity contribution >= 4 is 60.9 Å². The van der Waals surface area contributed by atoms with E-state index in [0.717, 1.165) is 24.3 Å². The minimum atomic E-state index is -0.0458. The van der Waals surface area contributed by atoms with Crippen LogP contribution in [0.2, 0.25) is 0 Å². The molecule has 0 atom stereocenters. The standard InChI is InChI=1S/C20H22B2N2O4S2/c21-27-17-7-1-5-15(13-17)23-19(25)9-3-11-29-30-12-4-10-20(26)24-16-6-2-8-18(14-16)28-22/h1-2,5-8,13-14H,3-4,9-12H2,(H,23,25)(H,24,26). The zero-order valence-corrected chi connectivity index (χ0v) is 18.1. The van der Waals surface area contributed by atoms with Gasteiger partial charge in [-0.3, -0.25) is 9.59 Å². The van der Waals surface area contributed by atoms with Crippen molar-refractivity contribution in [2.75, 3.05) is 22.1 Å². The molecule has 0 fully saturated rings. The maximum absolute atomic E-state index is 12.0. The second-order valence-electron chi connectivity index (χ2n) is 6.24. The van der Waals surface area contributed by atoms with Crippen LogP contribution in [0.25, 0.3) is 0 Å². The fraction of sp³-hybridized carbons (Fsp3) is 0.300. The van der Waals surface area contributed by atoms with E-state index in [9.17, 15) is 9.59 Å². The molecule has 0 bridgehead atoms. The molecule has 2 rings (SSSR count). The fourth-order valence-corrected chi connectivity index (χ4v) is 4.62. The van der Waals surface area contributed by atoms with Gasteiger partial charge in [-0.05, 0) is 37.1 Å². The predicted molar refractivity (Wildman–Crippen MR) is 126 cm³/mol. The number of rotatable bonds is 13. The first kappa shape index (κ1) is 24.1. The van der Waals surface area contributed by atoms with Crippen molar-refractivity contribution < 1.29 is 18.9 Å². The Balaban J connectivity index is 1.49. The Hall–Kier alpha value is -2.19. The summed E-state index contributed by atoms with van der Waals surface area (Å²) in [6.45, 7) is 0. The van der Waals surface area contributed by atoms with E-state index in [1.54, 1.807) is 70.1 Å². The van der Waals surface area contributed by atoms with E-state index < -0.39 is 0 Å². The molecule has 2 aromatic carbocycles. The van der Waals surface area contributed by atoms with Crippen LogP contribution in [0, 0.1) is 0 Å². The molecule has 2 N–H and O–H groups in total. The normalized spacial score (nSPS) is 10.3. The molecule has 2 amide bonds. The first-order chi connectivity index (χ1) is 14.6. The minimum Gasteiger partial charge on any atom is -0.568 e. The molecule has 0 aliphatic heterocycles. The third kappa shape index (κ3) is 9.54. The molecule has 6 nitrogen and oxygen atoms in total. The smallest absolute Gasteiger partial charge is 0.374 e. The van der Waals surface area contributed by atoms with Crippen LogP contribution in [-0.2, 0) is 9.59 Å². The molecular formula is C20H22B2N2O4S2. The third-order valence-corrected chi connectivity index (χ3v) is 6.43. The van der Waals surface area contributed by atoms with Crippen LogP contribution in [0.4, 0.5) is 11.4 Å². The van der Waals surface area contributed by atoms with Gasteiger partial charge >= 0.3 is 16.1 Å². The number of carbonyl (C=O) groups excluding carboxylic acids is 2. The van der Waals surface area contributed by atoms with Crippen molar-refractivity contribution in [3.05, 3.63) is 48.5 Å². The van der Waals surface area contributed by atoms with E-state index >= 15 is 0 Å². The highest BCUT2D eigenvalue weighted by atomic mass is 33.1. The SMILES string of the molecule is [B]Oc1cccc(NC(=O)CCCSSCCCC(=O)Nc2cccc(O[B])c2)c1. The minimum absolute atomic E-state index is 0.0458. The molecule has 2 aromatic rings. The molecule has 0 saturated carbocycles. The summed E-state index contributed by atoms with van der Waals surface area (Å²) in [6.07, 6.45) is 2.43. The van der Waals surface area contributed by atoms with E-state index in [1.807, 2.05) is 0 Å². The predicted octanol–water partition coefficient (Wildman–Crippen LogP) is 4.13. The van der Waals surface area contributed by atoms with E-state index in [1.165, 1.54) is 0 Å². The summed E-state index contributed by atoms with van der Waals surface area (Å²) in [5.41, 5.74) is 1.32. The Morgan fingerprint density at radius 1 is 0.767 bits per heavy atom. The van der Waals surface area contributed by atoms with Crippen molar-refractivity contribution in [1.29, 1.82) is 0 Å². The van der Waals surface area contributed by atoms with Crippen LogP contribution in [-0.4, -0.2) is 39.4 Å². The molecule has 154 valence electrons. The molecule has 0 saturated heterocycles. The average Bonchev–Trinajstić information content (AvgIpc) is 2.75. The van der Waals surface area contributed by atoms with Gasteiger partial charge in [0.05, 0.1) is 11.5 Å². The molecular weight excluding hydrogens is 418 g/mol. The number of nitrogens with one attached hydrogen (secondary N) is 2. The van der Waals surface area contributed by atoms with Crippen LogP contribution in [0.5, 0.6) is 11.5 Å². The van der Waals surface area contributed by atoms with Crippen LogP contribution in [0.1, 0.15) is 25.7 Å². The fourth-order valence-electron chi connectivity index (χ4n) is 2.44. The molecule has 30 heavy (non-hydrogen) atoms. The number of carbonyl (C=O) groups is 2. The van der Waals surface area contributed by atoms with E-state index in [0.29, 0.717) is 35.7 Å². The summed E-state index contributed by atoms with van der Waals surface area (Å²) >= 11 is 0. The lowest BCUT2D eigenvalue weighted by Gasteiger charge is -2.07. The summed E-state index contributed by atoms with van der Waals surface area (Å²) in [5, 5.41) is 5.64. The molecule has 0 aliphatic rings. The first-order valence-corrected chi connectivity index (χ1v) is 11.9. The highest BCUT2D eigenvalue weighted by Gasteiger charge is 2.05. The maximum Gasteiger partial charge on any atom is 0.374 e. The second kappa shape index (κ2) is 13.9. The lowest BCUT2D eigenvalue weighted by molar-refractivity contribution is -0.117. The van der Waals surface area contributed by atoms with Gasteiger partial charge in [-0.15, -0.1) is 0 Å². The molecule has 10 heteroatoms. The van der Waals surface area contributed by atoms with Crippen LogP contribution >= 0.6 is 21.6 Å². The van der Waals surface area contributed by atoms with Crippen molar-refractivity contribution in [2.45, 2.75) is 25.7 Å². The molecule has 0 spiro atoms. The van der Waals surface area contributed by atoms with E-state index in [-0.39, 0.29) is 11.8 Å². The van der Waals surface area contributed by atoms with E-state index in [2.05, 4.69) is 19.9 Å². The number of hydrogen-bond donors (Lipinski definition) is 2. The molecule has 4 radical (unpaired) electrons. The van der Waals surface area contributed by atoms with Crippen LogP contribution in [0.15, 0.2) is 48.5 Å². The van der Waals surface area contributed by atoms with Gasteiger partial charge in [0.2, 0.25) is 11.8 Å².